The van der Waals surface area contributed by atoms with Gasteiger partial charge in [-0.1, -0.05) is 65.9 Å². The Morgan fingerprint density at radius 1 is 1.10 bits per heavy atom. The Hall–Kier alpha value is -3.67. The first-order chi connectivity index (χ1) is 14.0. The van der Waals surface area contributed by atoms with Crippen LogP contribution in [0.15, 0.2) is 60.7 Å². The second-order valence-corrected chi connectivity index (χ2v) is 6.69. The molecule has 146 valence electrons. The summed E-state index contributed by atoms with van der Waals surface area (Å²) in [5, 5.41) is 17.9. The first kappa shape index (κ1) is 18.7. The number of aryl methyl sites for hydroxylation is 1. The Balaban J connectivity index is 2.16. The van der Waals surface area contributed by atoms with Crippen molar-refractivity contribution in [3.63, 3.8) is 0 Å². The molecule has 0 saturated carbocycles. The number of carbonyl (C=O) groups excluding carboxylic acids is 1. The van der Waals surface area contributed by atoms with Crippen molar-refractivity contribution in [3.05, 3.63) is 77.4 Å². The maximum Gasteiger partial charge on any atom is 0.345 e. The number of carbonyl (C=O) groups is 1. The van der Waals surface area contributed by atoms with Gasteiger partial charge in [-0.2, -0.15) is 4.40 Å². The van der Waals surface area contributed by atoms with Crippen LogP contribution in [0.5, 0.6) is 0 Å². The summed E-state index contributed by atoms with van der Waals surface area (Å²) in [5.41, 5.74) is 2.90. The van der Waals surface area contributed by atoms with Crippen LogP contribution in [0.2, 0.25) is 0 Å². The molecule has 29 heavy (non-hydrogen) atoms. The van der Waals surface area contributed by atoms with Gasteiger partial charge in [-0.05, 0) is 29.7 Å². The number of rotatable bonds is 4. The fourth-order valence-electron chi connectivity index (χ4n) is 3.66. The Morgan fingerprint density at radius 2 is 1.72 bits per heavy atom. The topological polar surface area (TPSA) is 70.5 Å². The van der Waals surface area contributed by atoms with Crippen LogP contribution in [0.3, 0.4) is 0 Å². The summed E-state index contributed by atoms with van der Waals surface area (Å²) in [5.74, 6) is 0.0864. The lowest BCUT2D eigenvalue weighted by Crippen LogP contribution is -2.37. The van der Waals surface area contributed by atoms with E-state index in [1.54, 1.807) is 16.0 Å². The second-order valence-electron chi connectivity index (χ2n) is 6.69. The maximum absolute atomic E-state index is 12.9. The van der Waals surface area contributed by atoms with Crippen molar-refractivity contribution < 1.29 is 19.3 Å². The molecule has 0 spiro atoms. The molecule has 0 atom stereocenters. The number of hydrogen-bond acceptors (Lipinski definition) is 4. The summed E-state index contributed by atoms with van der Waals surface area (Å²) in [6.07, 6.45) is 0. The van der Waals surface area contributed by atoms with E-state index in [0.29, 0.717) is 22.1 Å². The highest BCUT2D eigenvalue weighted by Gasteiger charge is 2.33. The third kappa shape index (κ3) is 3.02. The van der Waals surface area contributed by atoms with Gasteiger partial charge in [0, 0.05) is 12.5 Å². The molecule has 0 amide bonds. The van der Waals surface area contributed by atoms with Gasteiger partial charge in [0.2, 0.25) is 0 Å². The summed E-state index contributed by atoms with van der Waals surface area (Å²) in [4.78, 5) is 12.9. The number of fused-ring (bicyclic) bond motifs is 1. The van der Waals surface area contributed by atoms with Crippen LogP contribution in [-0.2, 0) is 4.74 Å². The predicted octanol–water partition coefficient (Wildman–Crippen LogP) is 1.97. The van der Waals surface area contributed by atoms with E-state index in [4.69, 9.17) is 9.84 Å². The van der Waals surface area contributed by atoms with Crippen LogP contribution in [0.1, 0.15) is 30.0 Å². The average molecular weight is 387 g/mol. The first-order valence-electron chi connectivity index (χ1n) is 9.47. The summed E-state index contributed by atoms with van der Waals surface area (Å²) in [6.45, 7) is 5.37. The average Bonchev–Trinajstić information content (AvgIpc) is 3.24. The van der Waals surface area contributed by atoms with Crippen molar-refractivity contribution in [2.75, 3.05) is 6.61 Å². The molecule has 0 radical (unpaired) electrons. The molecule has 0 aliphatic rings. The van der Waals surface area contributed by atoms with E-state index in [0.717, 1.165) is 17.1 Å². The number of ether oxygens (including phenoxy) is 1. The van der Waals surface area contributed by atoms with Crippen LogP contribution < -0.4 is 15.1 Å². The molecule has 0 fully saturated rings. The molecule has 0 unspecified atom stereocenters. The van der Waals surface area contributed by atoms with Crippen LogP contribution >= 0.6 is 0 Å². The van der Waals surface area contributed by atoms with Gasteiger partial charge in [0.1, 0.15) is 10.9 Å². The third-order valence-corrected chi connectivity index (χ3v) is 4.85. The molecule has 2 aromatic heterocycles. The normalized spacial score (nSPS) is 12.2. The molecule has 0 N–H and O–H groups in total. The van der Waals surface area contributed by atoms with Gasteiger partial charge >= 0.3 is 5.97 Å². The lowest BCUT2D eigenvalue weighted by atomic mass is 10.0. The quantitative estimate of drug-likeness (QED) is 0.397. The number of aromatic nitrogens is 3. The van der Waals surface area contributed by atoms with Crippen molar-refractivity contribution >= 4 is 17.4 Å². The maximum atomic E-state index is 12.9. The summed E-state index contributed by atoms with van der Waals surface area (Å²) in [7, 11) is 0. The van der Waals surface area contributed by atoms with Crippen LogP contribution in [-0.4, -0.2) is 22.1 Å². The van der Waals surface area contributed by atoms with Gasteiger partial charge in [0.05, 0.1) is 6.61 Å². The minimum atomic E-state index is -0.492. The van der Waals surface area contributed by atoms with Crippen molar-refractivity contribution in [1.29, 1.82) is 0 Å². The molecule has 2 heterocycles. The molecule has 4 rings (SSSR count). The van der Waals surface area contributed by atoms with Crippen LogP contribution in [0, 0.1) is 6.92 Å². The Morgan fingerprint density at radius 3 is 2.31 bits per heavy atom. The highest BCUT2D eigenvalue weighted by Crippen LogP contribution is 2.26. The number of para-hydroxylation sites is 1. The van der Waals surface area contributed by atoms with Crippen LogP contribution in [0.4, 0.5) is 0 Å². The molecular weight excluding hydrogens is 366 g/mol. The van der Waals surface area contributed by atoms with Crippen LogP contribution in [0.25, 0.3) is 28.2 Å². The molecule has 0 bridgehead atoms. The molecule has 0 aliphatic heterocycles. The van der Waals surface area contributed by atoms with E-state index in [9.17, 15) is 9.90 Å². The van der Waals surface area contributed by atoms with E-state index < -0.39 is 5.97 Å². The zero-order valence-corrected chi connectivity index (χ0v) is 16.5. The Kier molecular flexibility index (Phi) is 4.76. The van der Waals surface area contributed by atoms with E-state index in [2.05, 4.69) is 0 Å². The number of benzene rings is 2. The Labute approximate surface area is 168 Å². The second kappa shape index (κ2) is 7.39. The smallest absolute Gasteiger partial charge is 0.345 e. The summed E-state index contributed by atoms with van der Waals surface area (Å²) >= 11 is 0. The predicted molar refractivity (Wildman–Crippen MR) is 107 cm³/mol. The summed E-state index contributed by atoms with van der Waals surface area (Å²) in [6, 6.07) is 19.0. The minimum absolute atomic E-state index is 0.148. The van der Waals surface area contributed by atoms with E-state index in [-0.39, 0.29) is 12.4 Å². The lowest BCUT2D eigenvalue weighted by Gasteiger charge is -2.06. The van der Waals surface area contributed by atoms with Crippen molar-refractivity contribution in [3.8, 4) is 16.8 Å². The Bertz CT molecular complexity index is 1240. The molecule has 2 aromatic carbocycles. The fourth-order valence-corrected chi connectivity index (χ4v) is 3.66. The number of nitrogens with zero attached hydrogens (tertiary/aromatic N) is 3. The van der Waals surface area contributed by atoms with Gasteiger partial charge < -0.3 is 9.84 Å². The fraction of sp³-hybridized carbons (Fsp3) is 0.174. The minimum Gasteiger partial charge on any atom is -0.873 e. The summed E-state index contributed by atoms with van der Waals surface area (Å²) < 4.78 is 8.82. The molecule has 4 aromatic rings. The van der Waals surface area contributed by atoms with Gasteiger partial charge in [-0.25, -0.2) is 4.79 Å². The molecule has 6 nitrogen and oxygen atoms in total. The standard InChI is InChI=1S/C23H21N3O3/c1-4-29-23(28)20-19(17-11-7-5-8-12-17)21(15(2)27)25-16(3)26(24-22(20)25)18-13-9-6-10-14-18/h5-14H,4H2,1-3H3. The SMILES string of the molecule is CCOC(=O)c1c(-c2ccccc2)/c(=C(/C)[O-])n2c(C)[n+](-c3ccccc3)nc12. The highest BCUT2D eigenvalue weighted by atomic mass is 16.5. The van der Waals surface area contributed by atoms with Gasteiger partial charge in [0.25, 0.3) is 11.5 Å². The lowest BCUT2D eigenvalue weighted by molar-refractivity contribution is -0.662. The van der Waals surface area contributed by atoms with Crippen molar-refractivity contribution in [1.82, 2.24) is 9.50 Å². The molecule has 6 heteroatoms. The zero-order valence-electron chi connectivity index (χ0n) is 16.5. The van der Waals surface area contributed by atoms with Crippen molar-refractivity contribution in [2.24, 2.45) is 0 Å². The molecule has 0 saturated heterocycles. The van der Waals surface area contributed by atoms with Gasteiger partial charge in [-0.3, -0.25) is 0 Å². The number of hydrogen-bond donors (Lipinski definition) is 0. The molecule has 0 aliphatic carbocycles. The van der Waals surface area contributed by atoms with Gasteiger partial charge in [0.15, 0.2) is 5.69 Å². The van der Waals surface area contributed by atoms with Gasteiger partial charge in [-0.15, -0.1) is 0 Å². The van der Waals surface area contributed by atoms with E-state index in [1.807, 2.05) is 67.6 Å². The number of esters is 1. The highest BCUT2D eigenvalue weighted by molar-refractivity contribution is 6.04. The third-order valence-electron chi connectivity index (χ3n) is 4.85. The zero-order chi connectivity index (χ0) is 20.5. The van der Waals surface area contributed by atoms with E-state index >= 15 is 0 Å². The van der Waals surface area contributed by atoms with E-state index in [1.165, 1.54) is 6.92 Å². The molecular formula is C23H21N3O3. The first-order valence-corrected chi connectivity index (χ1v) is 9.47. The largest absolute Gasteiger partial charge is 0.873 e. The van der Waals surface area contributed by atoms with Crippen molar-refractivity contribution in [2.45, 2.75) is 20.8 Å². The monoisotopic (exact) mass is 387 g/mol.